The summed E-state index contributed by atoms with van der Waals surface area (Å²) < 4.78 is 5.72. The second kappa shape index (κ2) is 7.29. The van der Waals surface area contributed by atoms with Crippen LogP contribution in [0.2, 0.25) is 0 Å². The van der Waals surface area contributed by atoms with Gasteiger partial charge in [-0.3, -0.25) is 9.69 Å². The summed E-state index contributed by atoms with van der Waals surface area (Å²) in [7, 11) is 0. The smallest absolute Gasteiger partial charge is 0.240 e. The average molecular weight is 360 g/mol. The maximum Gasteiger partial charge on any atom is 0.240 e. The predicted molar refractivity (Wildman–Crippen MR) is 104 cm³/mol. The SMILES string of the molecule is CCOC1CC(N)(C(=O)NCC(C)N2CCc3ccccc3C2)C1(C)C. The van der Waals surface area contributed by atoms with Crippen LogP contribution in [0.3, 0.4) is 0 Å². The summed E-state index contributed by atoms with van der Waals surface area (Å²) in [4.78, 5) is 15.2. The van der Waals surface area contributed by atoms with Crippen LogP contribution >= 0.6 is 0 Å². The fourth-order valence-electron chi connectivity index (χ4n) is 4.24. The van der Waals surface area contributed by atoms with Crippen molar-refractivity contribution in [3.63, 3.8) is 0 Å². The van der Waals surface area contributed by atoms with Gasteiger partial charge in [-0.15, -0.1) is 0 Å². The highest BCUT2D eigenvalue weighted by atomic mass is 16.5. The van der Waals surface area contributed by atoms with Crippen molar-refractivity contribution in [1.29, 1.82) is 0 Å². The van der Waals surface area contributed by atoms with Gasteiger partial charge in [0.05, 0.1) is 6.10 Å². The van der Waals surface area contributed by atoms with Gasteiger partial charge in [-0.25, -0.2) is 0 Å². The van der Waals surface area contributed by atoms with Gasteiger partial charge < -0.3 is 15.8 Å². The van der Waals surface area contributed by atoms with Crippen molar-refractivity contribution in [2.75, 3.05) is 19.7 Å². The second-order valence-corrected chi connectivity index (χ2v) is 8.39. The molecule has 1 heterocycles. The predicted octanol–water partition coefficient (Wildman–Crippen LogP) is 2.08. The summed E-state index contributed by atoms with van der Waals surface area (Å²) in [5, 5.41) is 3.10. The van der Waals surface area contributed by atoms with Crippen molar-refractivity contribution in [1.82, 2.24) is 10.2 Å². The van der Waals surface area contributed by atoms with Gasteiger partial charge in [0.15, 0.2) is 0 Å². The molecule has 2 aliphatic rings. The Balaban J connectivity index is 1.54. The Morgan fingerprint density at radius 3 is 2.73 bits per heavy atom. The number of hydrogen-bond donors (Lipinski definition) is 2. The van der Waals surface area contributed by atoms with Gasteiger partial charge >= 0.3 is 0 Å². The van der Waals surface area contributed by atoms with Gasteiger partial charge in [0, 0.05) is 44.1 Å². The lowest BCUT2D eigenvalue weighted by Crippen LogP contribution is -2.76. The number of benzene rings is 1. The van der Waals surface area contributed by atoms with E-state index in [1.165, 1.54) is 11.1 Å². The molecule has 1 amide bonds. The third-order valence-corrected chi connectivity index (χ3v) is 6.58. The summed E-state index contributed by atoms with van der Waals surface area (Å²) in [5.41, 5.74) is 8.11. The van der Waals surface area contributed by atoms with Crippen LogP contribution in [0.1, 0.15) is 45.2 Å². The van der Waals surface area contributed by atoms with E-state index in [0.29, 0.717) is 19.6 Å². The van der Waals surface area contributed by atoms with E-state index < -0.39 is 5.54 Å². The molecule has 3 unspecified atom stereocenters. The number of rotatable bonds is 6. The first-order valence-corrected chi connectivity index (χ1v) is 9.79. The number of hydrogen-bond acceptors (Lipinski definition) is 4. The molecule has 3 N–H and O–H groups in total. The lowest BCUT2D eigenvalue weighted by Gasteiger charge is -2.57. The van der Waals surface area contributed by atoms with E-state index in [1.807, 2.05) is 20.8 Å². The summed E-state index contributed by atoms with van der Waals surface area (Å²) >= 11 is 0. The fourth-order valence-corrected chi connectivity index (χ4v) is 4.24. The Bertz CT molecular complexity index is 660. The van der Waals surface area contributed by atoms with E-state index in [9.17, 15) is 4.79 Å². The Labute approximate surface area is 157 Å². The number of fused-ring (bicyclic) bond motifs is 1. The Morgan fingerprint density at radius 2 is 2.08 bits per heavy atom. The molecular formula is C21H33N3O2. The zero-order chi connectivity index (χ0) is 18.9. The second-order valence-electron chi connectivity index (χ2n) is 8.39. The summed E-state index contributed by atoms with van der Waals surface area (Å²) in [6.07, 6.45) is 1.71. The highest BCUT2D eigenvalue weighted by Gasteiger charge is 2.62. The number of nitrogens with one attached hydrogen (secondary N) is 1. The van der Waals surface area contributed by atoms with Crippen LogP contribution in [0.15, 0.2) is 24.3 Å². The largest absolute Gasteiger partial charge is 0.378 e. The molecular weight excluding hydrogens is 326 g/mol. The van der Waals surface area contributed by atoms with Crippen molar-refractivity contribution < 1.29 is 9.53 Å². The molecule has 0 saturated heterocycles. The van der Waals surface area contributed by atoms with Crippen molar-refractivity contribution in [2.24, 2.45) is 11.1 Å². The zero-order valence-electron chi connectivity index (χ0n) is 16.5. The molecule has 1 aromatic rings. The maximum atomic E-state index is 12.8. The van der Waals surface area contributed by atoms with E-state index >= 15 is 0 Å². The molecule has 0 bridgehead atoms. The quantitative estimate of drug-likeness (QED) is 0.816. The number of ether oxygens (including phenoxy) is 1. The van der Waals surface area contributed by atoms with E-state index in [-0.39, 0.29) is 23.5 Å². The number of carbonyl (C=O) groups excluding carboxylic acids is 1. The van der Waals surface area contributed by atoms with Crippen molar-refractivity contribution in [3.8, 4) is 0 Å². The Hall–Kier alpha value is -1.43. The van der Waals surface area contributed by atoms with Gasteiger partial charge in [-0.05, 0) is 31.4 Å². The van der Waals surface area contributed by atoms with Crippen LogP contribution in [-0.2, 0) is 22.5 Å². The van der Waals surface area contributed by atoms with Crippen LogP contribution in [0, 0.1) is 5.41 Å². The van der Waals surface area contributed by atoms with Gasteiger partial charge in [0.25, 0.3) is 0 Å². The number of nitrogens with two attached hydrogens (primary N) is 1. The van der Waals surface area contributed by atoms with E-state index in [0.717, 1.165) is 19.5 Å². The molecule has 1 saturated carbocycles. The molecule has 1 aromatic carbocycles. The van der Waals surface area contributed by atoms with Crippen LogP contribution in [0.4, 0.5) is 0 Å². The molecule has 3 atom stereocenters. The molecule has 5 nitrogen and oxygen atoms in total. The van der Waals surface area contributed by atoms with E-state index in [4.69, 9.17) is 10.5 Å². The molecule has 5 heteroatoms. The van der Waals surface area contributed by atoms with E-state index in [2.05, 4.69) is 41.4 Å². The maximum absolute atomic E-state index is 12.8. The lowest BCUT2D eigenvalue weighted by molar-refractivity contribution is -0.170. The Kier molecular flexibility index (Phi) is 5.42. The van der Waals surface area contributed by atoms with Gasteiger partial charge in [0.2, 0.25) is 5.91 Å². The fraction of sp³-hybridized carbons (Fsp3) is 0.667. The third kappa shape index (κ3) is 3.28. The van der Waals surface area contributed by atoms with Gasteiger partial charge in [-0.2, -0.15) is 0 Å². The van der Waals surface area contributed by atoms with Crippen molar-refractivity contribution in [3.05, 3.63) is 35.4 Å². The molecule has 0 radical (unpaired) electrons. The summed E-state index contributed by atoms with van der Waals surface area (Å²) in [6, 6.07) is 8.90. The normalized spacial score (nSPS) is 28.7. The Morgan fingerprint density at radius 1 is 1.38 bits per heavy atom. The molecule has 3 rings (SSSR count). The summed E-state index contributed by atoms with van der Waals surface area (Å²) in [6.45, 7) is 11.5. The molecule has 0 aromatic heterocycles. The van der Waals surface area contributed by atoms with Gasteiger partial charge in [0.1, 0.15) is 5.54 Å². The number of amides is 1. The monoisotopic (exact) mass is 359 g/mol. The standard InChI is InChI=1S/C21H33N3O2/c1-5-26-18-12-21(22,20(18,3)4)19(25)23-13-15(2)24-11-10-16-8-6-7-9-17(16)14-24/h6-9,15,18H,5,10-14,22H2,1-4H3,(H,23,25). The minimum Gasteiger partial charge on any atom is -0.378 e. The minimum atomic E-state index is -0.846. The van der Waals surface area contributed by atoms with E-state index in [1.54, 1.807) is 0 Å². The number of carbonyl (C=O) groups is 1. The molecule has 1 aliphatic carbocycles. The van der Waals surface area contributed by atoms with Crippen LogP contribution in [0.5, 0.6) is 0 Å². The average Bonchev–Trinajstić information content (AvgIpc) is 2.64. The van der Waals surface area contributed by atoms with Crippen LogP contribution in [-0.4, -0.2) is 48.2 Å². The molecule has 144 valence electrons. The lowest BCUT2D eigenvalue weighted by atomic mass is 9.54. The van der Waals surface area contributed by atoms with Crippen LogP contribution < -0.4 is 11.1 Å². The molecule has 0 spiro atoms. The van der Waals surface area contributed by atoms with Gasteiger partial charge in [-0.1, -0.05) is 38.1 Å². The minimum absolute atomic E-state index is 0.0530. The summed E-state index contributed by atoms with van der Waals surface area (Å²) in [5.74, 6) is -0.0530. The first-order chi connectivity index (χ1) is 12.3. The van der Waals surface area contributed by atoms with Crippen LogP contribution in [0.25, 0.3) is 0 Å². The zero-order valence-corrected chi connectivity index (χ0v) is 16.5. The first kappa shape index (κ1) is 19.3. The first-order valence-electron chi connectivity index (χ1n) is 9.79. The molecule has 26 heavy (non-hydrogen) atoms. The topological polar surface area (TPSA) is 67.6 Å². The van der Waals surface area contributed by atoms with Crippen molar-refractivity contribution >= 4 is 5.91 Å². The molecule has 1 aliphatic heterocycles. The highest BCUT2D eigenvalue weighted by Crippen LogP contribution is 2.49. The third-order valence-electron chi connectivity index (χ3n) is 6.58. The van der Waals surface area contributed by atoms with Crippen molar-refractivity contribution in [2.45, 2.75) is 64.8 Å². The molecule has 1 fully saturated rings. The number of nitrogens with zero attached hydrogens (tertiary/aromatic N) is 1. The highest BCUT2D eigenvalue weighted by molar-refractivity contribution is 5.88.